The van der Waals surface area contributed by atoms with Crippen molar-refractivity contribution >= 4 is 41.8 Å². The highest BCUT2D eigenvalue weighted by Gasteiger charge is 2.21. The number of rotatable bonds is 6. The van der Waals surface area contributed by atoms with Gasteiger partial charge in [-0.15, -0.1) is 24.0 Å². The molecule has 1 aromatic heterocycles. The van der Waals surface area contributed by atoms with E-state index in [1.54, 1.807) is 0 Å². The fourth-order valence-corrected chi connectivity index (χ4v) is 4.42. The quantitative estimate of drug-likeness (QED) is 0.325. The first-order valence-corrected chi connectivity index (χ1v) is 12.0. The summed E-state index contributed by atoms with van der Waals surface area (Å²) >= 11 is 0. The molecule has 0 atom stereocenters. The molecule has 4 rings (SSSR count). The van der Waals surface area contributed by atoms with Crippen molar-refractivity contribution in [2.24, 2.45) is 4.99 Å². The van der Waals surface area contributed by atoms with E-state index in [0.29, 0.717) is 0 Å². The Bertz CT molecular complexity index is 918. The van der Waals surface area contributed by atoms with Gasteiger partial charge in [-0.1, -0.05) is 48.6 Å². The van der Waals surface area contributed by atoms with Crippen LogP contribution in [-0.2, 0) is 6.54 Å². The fraction of sp³-hybridized carbons (Fsp3) is 0.462. The summed E-state index contributed by atoms with van der Waals surface area (Å²) in [4.78, 5) is 18.9. The van der Waals surface area contributed by atoms with Gasteiger partial charge in [-0.25, -0.2) is 4.98 Å². The predicted molar refractivity (Wildman–Crippen MR) is 153 cm³/mol. The lowest BCUT2D eigenvalue weighted by Gasteiger charge is -2.36. The minimum Gasteiger partial charge on any atom is -0.354 e. The third-order valence-corrected chi connectivity index (χ3v) is 6.46. The van der Waals surface area contributed by atoms with Gasteiger partial charge in [0.05, 0.1) is 0 Å². The maximum Gasteiger partial charge on any atom is 0.194 e. The highest BCUT2D eigenvalue weighted by molar-refractivity contribution is 14.0. The number of hydrogen-bond acceptors (Lipinski definition) is 5. The number of benzene rings is 1. The molecule has 0 saturated carbocycles. The molecule has 2 aromatic rings. The summed E-state index contributed by atoms with van der Waals surface area (Å²) in [7, 11) is 4.06. The van der Waals surface area contributed by atoms with Gasteiger partial charge >= 0.3 is 0 Å². The second kappa shape index (κ2) is 13.7. The number of pyridine rings is 1. The van der Waals surface area contributed by atoms with Crippen molar-refractivity contribution in [3.05, 3.63) is 65.9 Å². The van der Waals surface area contributed by atoms with E-state index in [1.165, 1.54) is 11.1 Å². The number of aromatic nitrogens is 1. The van der Waals surface area contributed by atoms with E-state index in [9.17, 15) is 0 Å². The van der Waals surface area contributed by atoms with E-state index in [-0.39, 0.29) is 24.0 Å². The Morgan fingerprint density at radius 2 is 1.71 bits per heavy atom. The number of nitrogens with zero attached hydrogens (tertiary/aromatic N) is 6. The van der Waals surface area contributed by atoms with Crippen molar-refractivity contribution in [1.29, 1.82) is 0 Å². The maximum absolute atomic E-state index is 4.70. The number of anilines is 1. The van der Waals surface area contributed by atoms with Gasteiger partial charge in [0.25, 0.3) is 0 Å². The summed E-state index contributed by atoms with van der Waals surface area (Å²) < 4.78 is 0. The molecule has 0 aliphatic carbocycles. The predicted octanol–water partition coefficient (Wildman–Crippen LogP) is 2.86. The molecule has 7 nitrogen and oxygen atoms in total. The molecule has 1 N–H and O–H groups in total. The van der Waals surface area contributed by atoms with Crippen LogP contribution in [0.15, 0.2) is 59.7 Å². The summed E-state index contributed by atoms with van der Waals surface area (Å²) in [6.07, 6.45) is 6.37. The van der Waals surface area contributed by atoms with Gasteiger partial charge in [0.15, 0.2) is 5.96 Å². The Morgan fingerprint density at radius 1 is 0.971 bits per heavy atom. The highest BCUT2D eigenvalue weighted by Crippen LogP contribution is 2.18. The third kappa shape index (κ3) is 7.41. The van der Waals surface area contributed by atoms with E-state index in [1.807, 2.05) is 19.3 Å². The molecular weight excluding hydrogens is 537 g/mol. The third-order valence-electron chi connectivity index (χ3n) is 6.46. The first kappa shape index (κ1) is 26.4. The maximum atomic E-state index is 4.70. The van der Waals surface area contributed by atoms with Crippen molar-refractivity contribution in [1.82, 2.24) is 25.0 Å². The van der Waals surface area contributed by atoms with Gasteiger partial charge < -0.3 is 20.0 Å². The normalized spacial score (nSPS) is 18.2. The molecule has 0 radical (unpaired) electrons. The summed E-state index contributed by atoms with van der Waals surface area (Å²) in [5.74, 6) is 2.08. The Morgan fingerprint density at radius 3 is 2.41 bits per heavy atom. The Kier molecular flexibility index (Phi) is 10.6. The van der Waals surface area contributed by atoms with Crippen molar-refractivity contribution in [3.63, 3.8) is 0 Å². The van der Waals surface area contributed by atoms with Gasteiger partial charge in [0.2, 0.25) is 0 Å². The molecule has 0 unspecified atom stereocenters. The van der Waals surface area contributed by atoms with Gasteiger partial charge in [0, 0.05) is 84.3 Å². The van der Waals surface area contributed by atoms with Gasteiger partial charge in [-0.2, -0.15) is 0 Å². The monoisotopic (exact) mass is 575 g/mol. The summed E-state index contributed by atoms with van der Waals surface area (Å²) in [6, 6.07) is 14.7. The Labute approximate surface area is 221 Å². The molecule has 3 heterocycles. The Hall–Kier alpha value is -2.17. The van der Waals surface area contributed by atoms with E-state index in [4.69, 9.17) is 4.98 Å². The van der Waals surface area contributed by atoms with E-state index in [0.717, 1.165) is 77.2 Å². The van der Waals surface area contributed by atoms with Crippen molar-refractivity contribution in [2.75, 3.05) is 77.9 Å². The average Bonchev–Trinajstić information content (AvgIpc) is 2.87. The molecule has 34 heavy (non-hydrogen) atoms. The average molecular weight is 576 g/mol. The van der Waals surface area contributed by atoms with E-state index in [2.05, 4.69) is 85.5 Å². The molecule has 2 aliphatic rings. The van der Waals surface area contributed by atoms with E-state index < -0.39 is 0 Å². The van der Waals surface area contributed by atoms with Crippen molar-refractivity contribution in [3.8, 4) is 0 Å². The van der Waals surface area contributed by atoms with Gasteiger partial charge in [-0.05, 0) is 18.7 Å². The lowest BCUT2D eigenvalue weighted by atomic mass is 10.2. The van der Waals surface area contributed by atoms with Crippen LogP contribution < -0.4 is 10.2 Å². The zero-order valence-electron chi connectivity index (χ0n) is 20.4. The summed E-state index contributed by atoms with van der Waals surface area (Å²) in [6.45, 7) is 9.98. The fourth-order valence-electron chi connectivity index (χ4n) is 4.42. The minimum absolute atomic E-state index is 0. The summed E-state index contributed by atoms with van der Waals surface area (Å²) in [5.41, 5.74) is 2.49. The largest absolute Gasteiger partial charge is 0.354 e. The van der Waals surface area contributed by atoms with Crippen LogP contribution in [0.4, 0.5) is 5.82 Å². The lowest BCUT2D eigenvalue weighted by molar-refractivity contribution is 0.194. The lowest BCUT2D eigenvalue weighted by Crippen LogP contribution is -2.52. The molecule has 2 aliphatic heterocycles. The molecule has 0 spiro atoms. The number of piperazine rings is 2. The second-order valence-electron chi connectivity index (χ2n) is 8.78. The molecular formula is C26H38IN7. The highest BCUT2D eigenvalue weighted by atomic mass is 127. The standard InChI is InChI=1S/C26H37N7.HI/c1-27-26(29-22-24-11-6-12-28-25(24)32-18-14-30(2)15-19-32)33-20-16-31(17-21-33)13-7-10-23-8-4-3-5-9-23;/h3-12H,13-22H2,1-2H3,(H,27,29);1H/b10-7+;. The Balaban J connectivity index is 0.00000324. The first-order chi connectivity index (χ1) is 16.2. The molecule has 0 amide bonds. The number of nitrogens with one attached hydrogen (secondary N) is 1. The van der Waals surface area contributed by atoms with Crippen LogP contribution in [0.2, 0.25) is 0 Å². The molecule has 2 saturated heterocycles. The van der Waals surface area contributed by atoms with Gasteiger partial charge in [0.1, 0.15) is 5.82 Å². The number of halogens is 1. The first-order valence-electron chi connectivity index (χ1n) is 12.0. The van der Waals surface area contributed by atoms with Crippen LogP contribution in [0.25, 0.3) is 6.08 Å². The molecule has 184 valence electrons. The van der Waals surface area contributed by atoms with Crippen LogP contribution in [-0.4, -0.2) is 98.6 Å². The number of aliphatic imine (C=N–C) groups is 1. The molecule has 8 heteroatoms. The minimum atomic E-state index is 0. The smallest absolute Gasteiger partial charge is 0.194 e. The zero-order valence-corrected chi connectivity index (χ0v) is 22.8. The van der Waals surface area contributed by atoms with Crippen molar-refractivity contribution < 1.29 is 0 Å². The molecule has 2 fully saturated rings. The SMILES string of the molecule is CN=C(NCc1cccnc1N1CCN(C)CC1)N1CCN(C/C=C/c2ccccc2)CC1.I. The van der Waals surface area contributed by atoms with Crippen LogP contribution in [0, 0.1) is 0 Å². The van der Waals surface area contributed by atoms with Crippen LogP contribution >= 0.6 is 24.0 Å². The number of likely N-dealkylation sites (N-methyl/N-ethyl adjacent to an activating group) is 1. The molecule has 1 aromatic carbocycles. The van der Waals surface area contributed by atoms with Crippen LogP contribution in [0.1, 0.15) is 11.1 Å². The summed E-state index contributed by atoms with van der Waals surface area (Å²) in [5, 5.41) is 3.59. The van der Waals surface area contributed by atoms with Gasteiger partial charge in [-0.3, -0.25) is 9.89 Å². The topological polar surface area (TPSA) is 50.2 Å². The van der Waals surface area contributed by atoms with Crippen LogP contribution in [0.5, 0.6) is 0 Å². The number of guanidine groups is 1. The van der Waals surface area contributed by atoms with Crippen LogP contribution in [0.3, 0.4) is 0 Å². The second-order valence-corrected chi connectivity index (χ2v) is 8.78. The zero-order chi connectivity index (χ0) is 22.9. The van der Waals surface area contributed by atoms with E-state index >= 15 is 0 Å². The molecule has 0 bridgehead atoms. The van der Waals surface area contributed by atoms with Crippen molar-refractivity contribution in [2.45, 2.75) is 6.54 Å². The number of hydrogen-bond donors (Lipinski definition) is 1.